The molecule has 0 nitrogen and oxygen atoms in total. The Morgan fingerprint density at radius 1 is 0.250 bits per heavy atom. The van der Waals surface area contributed by atoms with E-state index in [4.69, 9.17) is 0 Å². The van der Waals surface area contributed by atoms with E-state index in [0.29, 0.717) is 0 Å². The fraction of sp³-hybridized carbons (Fsp3) is 0.667. The number of thioether (sulfide) groups is 16. The van der Waals surface area contributed by atoms with Crippen LogP contribution in [0.2, 0.25) is 0 Å². The highest BCUT2D eigenvalue weighted by molar-refractivity contribution is 8.50. The van der Waals surface area contributed by atoms with Crippen LogP contribution in [0.1, 0.15) is 25.7 Å². The summed E-state index contributed by atoms with van der Waals surface area (Å²) in [6.45, 7) is 0. The first kappa shape index (κ1) is 30.6. The van der Waals surface area contributed by atoms with Crippen LogP contribution < -0.4 is 0 Å². The van der Waals surface area contributed by atoms with Gasteiger partial charge in [0.05, 0.1) is 33.9 Å². The van der Waals surface area contributed by atoms with Crippen LogP contribution in [0.4, 0.5) is 0 Å². The first-order valence-corrected chi connectivity index (χ1v) is 27.6. The Kier molecular flexibility index (Phi) is 9.30. The van der Waals surface area contributed by atoms with Gasteiger partial charge in [-0.2, -0.15) is 0 Å². The van der Waals surface area contributed by atoms with Crippen molar-refractivity contribution in [3.63, 3.8) is 0 Å². The SMILES string of the molecule is C1CSC2=C3SCCCSC4=C(SC1)SC1(S4)C(S2)(S3)C23SC4=C(SCCCSC5=C(SCCCS4)SC12S5)S3. The van der Waals surface area contributed by atoms with Crippen LogP contribution >= 0.6 is 188 Å². The van der Waals surface area contributed by atoms with E-state index in [1.165, 1.54) is 71.7 Å². The second kappa shape index (κ2) is 12.2. The summed E-state index contributed by atoms with van der Waals surface area (Å²) >= 11 is 36.4. The molecule has 1 saturated carbocycles. The van der Waals surface area contributed by atoms with E-state index < -0.39 is 0 Å². The summed E-state index contributed by atoms with van der Waals surface area (Å²) in [5.41, 5.74) is 0. The van der Waals surface area contributed by atoms with Crippen LogP contribution in [-0.4, -0.2) is 62.3 Å². The van der Waals surface area contributed by atoms with Gasteiger partial charge in [0, 0.05) is 0 Å². The normalized spacial score (nSPS) is 43.2. The molecule has 9 aliphatic rings. The molecule has 0 N–H and O–H groups in total. The molecule has 0 aromatic rings. The molecule has 0 atom stereocenters. The van der Waals surface area contributed by atoms with Crippen molar-refractivity contribution in [2.75, 3.05) is 46.0 Å². The van der Waals surface area contributed by atoms with Gasteiger partial charge in [-0.3, -0.25) is 0 Å². The quantitative estimate of drug-likeness (QED) is 0.227. The predicted molar refractivity (Wildman–Crippen MR) is 218 cm³/mol. The molecule has 40 heavy (non-hydrogen) atoms. The second-order valence-electron chi connectivity index (χ2n) is 9.78. The van der Waals surface area contributed by atoms with Crippen molar-refractivity contribution >= 4 is 188 Å². The van der Waals surface area contributed by atoms with Gasteiger partial charge < -0.3 is 0 Å². The highest BCUT2D eigenvalue weighted by Crippen LogP contribution is 2.99. The minimum Gasteiger partial charge on any atom is -0.118 e. The van der Waals surface area contributed by atoms with Crippen LogP contribution in [-0.2, 0) is 0 Å². The maximum Gasteiger partial charge on any atom is 0.125 e. The zero-order chi connectivity index (χ0) is 26.4. The lowest BCUT2D eigenvalue weighted by molar-refractivity contribution is 0.442. The number of hydrogen-bond acceptors (Lipinski definition) is 16. The topological polar surface area (TPSA) is 0 Å². The van der Waals surface area contributed by atoms with Crippen LogP contribution in [0.5, 0.6) is 0 Å². The number of hydrogen-bond donors (Lipinski definition) is 0. The Morgan fingerprint density at radius 2 is 0.400 bits per heavy atom. The largest absolute Gasteiger partial charge is 0.125 e. The Hall–Kier alpha value is 4.56. The molecule has 0 unspecified atom stereocenters. The Bertz CT molecular complexity index is 983. The summed E-state index contributed by atoms with van der Waals surface area (Å²) in [5.74, 6) is 10.1. The van der Waals surface area contributed by atoms with Crippen molar-refractivity contribution < 1.29 is 0 Å². The zero-order valence-corrected chi connectivity index (χ0v) is 34.1. The summed E-state index contributed by atoms with van der Waals surface area (Å²) < 4.78 is 13.9. The van der Waals surface area contributed by atoms with Gasteiger partial charge in [0.15, 0.2) is 0 Å². The molecule has 216 valence electrons. The molecule has 4 spiro atoms. The lowest BCUT2D eigenvalue weighted by Gasteiger charge is -2.74. The van der Waals surface area contributed by atoms with Gasteiger partial charge in [0.1, 0.15) is 16.3 Å². The van der Waals surface area contributed by atoms with Crippen LogP contribution in [0, 0.1) is 0 Å². The van der Waals surface area contributed by atoms with Crippen molar-refractivity contribution in [1.82, 2.24) is 0 Å². The summed E-state index contributed by atoms with van der Waals surface area (Å²) in [5, 5.41) is 0. The molecule has 0 amide bonds. The van der Waals surface area contributed by atoms with Gasteiger partial charge >= 0.3 is 0 Å². The molecule has 5 fully saturated rings. The van der Waals surface area contributed by atoms with E-state index in [2.05, 4.69) is 188 Å². The number of rotatable bonds is 0. The molecule has 0 radical (unpaired) electrons. The Labute approximate surface area is 305 Å². The third kappa shape index (κ3) is 4.45. The molecular formula is C24H24S16. The lowest BCUT2D eigenvalue weighted by atomic mass is 9.92. The average molecular weight is 826 g/mol. The van der Waals surface area contributed by atoms with Gasteiger partial charge in [-0.1, -0.05) is 94.1 Å². The van der Waals surface area contributed by atoms with E-state index in [9.17, 15) is 0 Å². The minimum atomic E-state index is 0.115. The molecule has 9 rings (SSSR count). The summed E-state index contributed by atoms with van der Waals surface area (Å²) in [4.78, 5) is 0. The second-order valence-corrected chi connectivity index (χ2v) is 31.5. The first-order valence-electron chi connectivity index (χ1n) is 13.2. The van der Waals surface area contributed by atoms with E-state index in [0.717, 1.165) is 0 Å². The zero-order valence-electron chi connectivity index (χ0n) is 21.0. The van der Waals surface area contributed by atoms with E-state index >= 15 is 0 Å². The standard InChI is InChI=1S/C24H24S16/c1-5-25-13-15-27-7-2-8-28-16-14(26-6-1)34-22(36-16)21(33-13,35-15)23-24(22)38-18-20(40-24)32-12-4-11-31-19(39-23)17(37-23)29-9-3-10-30-18/h1-12H2. The molecule has 4 saturated heterocycles. The van der Waals surface area contributed by atoms with Gasteiger partial charge in [0.25, 0.3) is 0 Å². The van der Waals surface area contributed by atoms with Crippen LogP contribution in [0.15, 0.2) is 33.9 Å². The van der Waals surface area contributed by atoms with Gasteiger partial charge in [0.2, 0.25) is 0 Å². The smallest absolute Gasteiger partial charge is 0.118 e. The summed E-state index contributed by atoms with van der Waals surface area (Å²) in [7, 11) is 0. The number of fused-ring (bicyclic) bond motifs is 8. The molecule has 16 heteroatoms. The molecule has 8 aliphatic heterocycles. The van der Waals surface area contributed by atoms with Crippen LogP contribution in [0.3, 0.4) is 0 Å². The van der Waals surface area contributed by atoms with Gasteiger partial charge in [-0.05, 0) is 71.7 Å². The lowest BCUT2D eigenvalue weighted by Crippen LogP contribution is -2.83. The highest BCUT2D eigenvalue weighted by atomic mass is 32.3. The van der Waals surface area contributed by atoms with Crippen molar-refractivity contribution in [2.45, 2.75) is 42.0 Å². The fourth-order valence-electron chi connectivity index (χ4n) is 5.60. The summed E-state index contributed by atoms with van der Waals surface area (Å²) in [6.07, 6.45) is 5.24. The Morgan fingerprint density at radius 3 is 0.550 bits per heavy atom. The molecule has 8 heterocycles. The molecule has 0 aromatic heterocycles. The first-order chi connectivity index (χ1) is 19.7. The third-order valence-corrected chi connectivity index (χ3v) is 36.3. The van der Waals surface area contributed by atoms with Gasteiger partial charge in [-0.25, -0.2) is 0 Å². The monoisotopic (exact) mass is 824 g/mol. The summed E-state index contributed by atoms with van der Waals surface area (Å²) in [6, 6.07) is 0. The average Bonchev–Trinajstić information content (AvgIpc) is 3.69. The van der Waals surface area contributed by atoms with Crippen molar-refractivity contribution in [2.24, 2.45) is 0 Å². The molecule has 0 aromatic carbocycles. The Balaban J connectivity index is 1.27. The van der Waals surface area contributed by atoms with Crippen molar-refractivity contribution in [3.05, 3.63) is 33.9 Å². The molecule has 12 bridgehead atoms. The maximum absolute atomic E-state index is 2.35. The van der Waals surface area contributed by atoms with E-state index in [1.807, 2.05) is 0 Å². The molecule has 1 aliphatic carbocycles. The predicted octanol–water partition coefficient (Wildman–Crippen LogP) is 12.7. The maximum atomic E-state index is 2.35. The van der Waals surface area contributed by atoms with E-state index in [-0.39, 0.29) is 16.3 Å². The van der Waals surface area contributed by atoms with Gasteiger partial charge in [-0.15, -0.1) is 94.1 Å². The van der Waals surface area contributed by atoms with Crippen molar-refractivity contribution in [1.29, 1.82) is 0 Å². The third-order valence-electron chi connectivity index (χ3n) is 7.31. The molecular weight excluding hydrogens is 801 g/mol. The highest BCUT2D eigenvalue weighted by Gasteiger charge is 2.95. The van der Waals surface area contributed by atoms with Crippen LogP contribution in [0.25, 0.3) is 0 Å². The fourth-order valence-corrected chi connectivity index (χ4v) is 39.1. The van der Waals surface area contributed by atoms with Crippen molar-refractivity contribution in [3.8, 4) is 0 Å². The van der Waals surface area contributed by atoms with E-state index in [1.54, 1.807) is 33.9 Å². The minimum absolute atomic E-state index is 0.115.